The first-order chi connectivity index (χ1) is 14.2. The summed E-state index contributed by atoms with van der Waals surface area (Å²) in [7, 11) is -3.68. The topological polar surface area (TPSA) is 105 Å². The van der Waals surface area contributed by atoms with Gasteiger partial charge in [-0.1, -0.05) is 12.1 Å². The van der Waals surface area contributed by atoms with Crippen LogP contribution in [0.3, 0.4) is 0 Å². The van der Waals surface area contributed by atoms with Crippen molar-refractivity contribution in [2.75, 3.05) is 20.1 Å². The van der Waals surface area contributed by atoms with Crippen molar-refractivity contribution >= 4 is 16.0 Å². The second-order valence-electron chi connectivity index (χ2n) is 6.70. The molecule has 3 rings (SSSR count). The van der Waals surface area contributed by atoms with Crippen LogP contribution in [0.5, 0.6) is 0 Å². The van der Waals surface area contributed by atoms with Gasteiger partial charge in [0.1, 0.15) is 12.7 Å². The summed E-state index contributed by atoms with van der Waals surface area (Å²) in [5, 5.41) is 10.3. The number of aliphatic imine (C=N–C) groups is 1. The van der Waals surface area contributed by atoms with E-state index in [-0.39, 0.29) is 32.0 Å². The van der Waals surface area contributed by atoms with Crippen LogP contribution in [-0.4, -0.2) is 65.1 Å². The van der Waals surface area contributed by atoms with Gasteiger partial charge in [0.15, 0.2) is 5.96 Å². The molecule has 2 aromatic rings. The summed E-state index contributed by atoms with van der Waals surface area (Å²) in [6.07, 6.45) is 3.56. The highest BCUT2D eigenvalue weighted by Gasteiger charge is 2.50. The number of hydrogen-bond acceptors (Lipinski definition) is 5. The van der Waals surface area contributed by atoms with Crippen LogP contribution in [0.4, 0.5) is 13.2 Å². The molecule has 0 radical (unpaired) electrons. The van der Waals surface area contributed by atoms with Crippen LogP contribution >= 0.6 is 0 Å². The lowest BCUT2D eigenvalue weighted by Gasteiger charge is -2.32. The first-order valence-corrected chi connectivity index (χ1v) is 10.6. The molecule has 2 heterocycles. The van der Waals surface area contributed by atoms with Crippen LogP contribution in [0.2, 0.25) is 0 Å². The molecule has 0 spiro atoms. The number of sulfonamides is 1. The molecule has 30 heavy (non-hydrogen) atoms. The molecule has 9 nitrogen and oxygen atoms in total. The Kier molecular flexibility index (Phi) is 6.61. The van der Waals surface area contributed by atoms with Gasteiger partial charge in [-0.05, 0) is 30.5 Å². The molecule has 0 atom stereocenters. The van der Waals surface area contributed by atoms with E-state index in [4.69, 9.17) is 0 Å². The van der Waals surface area contributed by atoms with Crippen LogP contribution in [0, 0.1) is 0 Å². The highest BCUT2D eigenvalue weighted by atomic mass is 32.2. The van der Waals surface area contributed by atoms with E-state index in [0.717, 1.165) is 11.3 Å². The number of halogens is 3. The lowest BCUT2D eigenvalue weighted by atomic mass is 10.1. The van der Waals surface area contributed by atoms with Crippen molar-refractivity contribution < 1.29 is 21.6 Å². The predicted octanol–water partition coefficient (Wildman–Crippen LogP) is 1.25. The van der Waals surface area contributed by atoms with Gasteiger partial charge in [0.05, 0.1) is 5.69 Å². The SMILES string of the molecule is CN=C(NCc1ccc(-n2cncn2)cc1)NC1CCN(S(=O)(=O)C(F)(F)F)CC1. The van der Waals surface area contributed by atoms with E-state index in [1.807, 2.05) is 24.3 Å². The van der Waals surface area contributed by atoms with Crippen molar-refractivity contribution in [3.8, 4) is 5.69 Å². The molecule has 1 aromatic carbocycles. The number of rotatable bonds is 5. The third-order valence-electron chi connectivity index (χ3n) is 4.73. The van der Waals surface area contributed by atoms with Gasteiger partial charge in [0, 0.05) is 32.7 Å². The van der Waals surface area contributed by atoms with Crippen LogP contribution in [-0.2, 0) is 16.6 Å². The maximum atomic E-state index is 12.7. The largest absolute Gasteiger partial charge is 0.511 e. The number of hydrogen-bond donors (Lipinski definition) is 2. The minimum Gasteiger partial charge on any atom is -0.354 e. The van der Waals surface area contributed by atoms with Crippen molar-refractivity contribution in [3.63, 3.8) is 0 Å². The molecule has 0 unspecified atom stereocenters. The van der Waals surface area contributed by atoms with E-state index < -0.39 is 15.5 Å². The van der Waals surface area contributed by atoms with Gasteiger partial charge in [-0.2, -0.15) is 22.6 Å². The molecular formula is C17H22F3N7O2S. The molecule has 1 aliphatic heterocycles. The third kappa shape index (κ3) is 5.08. The van der Waals surface area contributed by atoms with Crippen molar-refractivity contribution in [2.24, 2.45) is 4.99 Å². The Labute approximate surface area is 172 Å². The second kappa shape index (κ2) is 9.00. The standard InChI is InChI=1S/C17H22F3N7O2S/c1-21-16(23-10-13-2-4-15(5-3-13)27-12-22-11-24-27)25-14-6-8-26(9-7-14)30(28,29)17(18,19)20/h2-5,11-12,14H,6-10H2,1H3,(H2,21,23,25). The lowest BCUT2D eigenvalue weighted by Crippen LogP contribution is -2.51. The first kappa shape index (κ1) is 22.0. The highest BCUT2D eigenvalue weighted by Crippen LogP contribution is 2.28. The Morgan fingerprint density at radius 1 is 1.23 bits per heavy atom. The third-order valence-corrected chi connectivity index (χ3v) is 6.36. The molecule has 1 aliphatic rings. The molecule has 1 fully saturated rings. The predicted molar refractivity (Wildman–Crippen MR) is 104 cm³/mol. The van der Waals surface area contributed by atoms with Gasteiger partial charge in [0.25, 0.3) is 0 Å². The molecule has 0 saturated carbocycles. The first-order valence-electron chi connectivity index (χ1n) is 9.18. The van der Waals surface area contributed by atoms with Gasteiger partial charge < -0.3 is 10.6 Å². The smallest absolute Gasteiger partial charge is 0.354 e. The molecule has 1 aromatic heterocycles. The van der Waals surface area contributed by atoms with Gasteiger partial charge in [-0.3, -0.25) is 4.99 Å². The fraction of sp³-hybridized carbons (Fsp3) is 0.471. The number of nitrogens with one attached hydrogen (secondary N) is 2. The molecule has 0 aliphatic carbocycles. The quantitative estimate of drug-likeness (QED) is 0.530. The van der Waals surface area contributed by atoms with Gasteiger partial charge >= 0.3 is 15.5 Å². The van der Waals surface area contributed by atoms with Gasteiger partial charge in [-0.25, -0.2) is 18.1 Å². The van der Waals surface area contributed by atoms with E-state index >= 15 is 0 Å². The summed E-state index contributed by atoms with van der Waals surface area (Å²) in [6.45, 7) is 0.0963. The number of benzene rings is 1. The normalized spacial score (nSPS) is 17.1. The molecule has 2 N–H and O–H groups in total. The number of alkyl halides is 3. The summed E-state index contributed by atoms with van der Waals surface area (Å²) < 4.78 is 63.1. The number of piperidine rings is 1. The summed E-state index contributed by atoms with van der Waals surface area (Å²) in [6, 6.07) is 7.48. The zero-order valence-corrected chi connectivity index (χ0v) is 17.0. The van der Waals surface area contributed by atoms with E-state index in [1.54, 1.807) is 18.1 Å². The summed E-state index contributed by atoms with van der Waals surface area (Å²) in [5.41, 5.74) is -3.40. The number of nitrogens with zero attached hydrogens (tertiary/aromatic N) is 5. The highest BCUT2D eigenvalue weighted by molar-refractivity contribution is 7.90. The van der Waals surface area contributed by atoms with Crippen LogP contribution in [0.25, 0.3) is 5.69 Å². The lowest BCUT2D eigenvalue weighted by molar-refractivity contribution is -0.0494. The Bertz CT molecular complexity index is 952. The van der Waals surface area contributed by atoms with Gasteiger partial charge in [0.2, 0.25) is 0 Å². The second-order valence-corrected chi connectivity index (χ2v) is 8.63. The Balaban J connectivity index is 1.49. The van der Waals surface area contributed by atoms with E-state index in [9.17, 15) is 21.6 Å². The molecule has 0 bridgehead atoms. The van der Waals surface area contributed by atoms with E-state index in [0.29, 0.717) is 16.8 Å². The number of aromatic nitrogens is 3. The van der Waals surface area contributed by atoms with Crippen LogP contribution < -0.4 is 10.6 Å². The zero-order valence-electron chi connectivity index (χ0n) is 16.2. The molecule has 1 saturated heterocycles. The molecule has 164 valence electrons. The fourth-order valence-electron chi connectivity index (χ4n) is 3.07. The number of guanidine groups is 1. The monoisotopic (exact) mass is 445 g/mol. The van der Waals surface area contributed by atoms with Crippen LogP contribution in [0.1, 0.15) is 18.4 Å². The molecular weight excluding hydrogens is 423 g/mol. The molecule has 0 amide bonds. The Morgan fingerprint density at radius 2 is 1.90 bits per heavy atom. The van der Waals surface area contributed by atoms with Crippen LogP contribution in [0.15, 0.2) is 41.9 Å². The Morgan fingerprint density at radius 3 is 2.43 bits per heavy atom. The van der Waals surface area contributed by atoms with Crippen molar-refractivity contribution in [3.05, 3.63) is 42.5 Å². The van der Waals surface area contributed by atoms with Crippen molar-refractivity contribution in [1.82, 2.24) is 29.7 Å². The maximum Gasteiger partial charge on any atom is 0.511 e. The van der Waals surface area contributed by atoms with Crippen molar-refractivity contribution in [1.29, 1.82) is 0 Å². The maximum absolute atomic E-state index is 12.7. The average molecular weight is 445 g/mol. The fourth-order valence-corrected chi connectivity index (χ4v) is 4.05. The Hall–Kier alpha value is -2.67. The van der Waals surface area contributed by atoms with Gasteiger partial charge in [-0.15, -0.1) is 0 Å². The summed E-state index contributed by atoms with van der Waals surface area (Å²) >= 11 is 0. The minimum atomic E-state index is -5.27. The minimum absolute atomic E-state index is 0.175. The van der Waals surface area contributed by atoms with E-state index in [2.05, 4.69) is 25.7 Å². The average Bonchev–Trinajstić information content (AvgIpc) is 3.26. The summed E-state index contributed by atoms with van der Waals surface area (Å²) in [4.78, 5) is 8.02. The molecule has 13 heteroatoms. The zero-order chi connectivity index (χ0) is 21.8. The van der Waals surface area contributed by atoms with E-state index in [1.165, 1.54) is 6.33 Å². The summed E-state index contributed by atoms with van der Waals surface area (Å²) in [5.74, 6) is 0.493. The van der Waals surface area contributed by atoms with Crippen molar-refractivity contribution in [2.45, 2.75) is 30.9 Å².